The van der Waals surface area contributed by atoms with Gasteiger partial charge in [0.05, 0.1) is 50.6 Å². The predicted molar refractivity (Wildman–Crippen MR) is 262 cm³/mol. The van der Waals surface area contributed by atoms with E-state index in [1.807, 2.05) is 24.3 Å². The summed E-state index contributed by atoms with van der Waals surface area (Å²) in [5.74, 6) is -0.480. The lowest BCUT2D eigenvalue weighted by Gasteiger charge is -2.37. The van der Waals surface area contributed by atoms with Crippen molar-refractivity contribution in [3.8, 4) is 33.8 Å². The van der Waals surface area contributed by atoms with E-state index >= 15 is 4.79 Å². The monoisotopic (exact) mass is 1050 g/mol. The molecular formula is C54H48F6N6O10. The highest BCUT2D eigenvalue weighted by Crippen LogP contribution is 2.41. The van der Waals surface area contributed by atoms with Gasteiger partial charge < -0.3 is 28.7 Å². The van der Waals surface area contributed by atoms with E-state index < -0.39 is 53.0 Å². The Balaban J connectivity index is 1.10. The van der Waals surface area contributed by atoms with Crippen molar-refractivity contribution in [2.24, 2.45) is 0 Å². The molecule has 6 amide bonds. The number of alkyl halides is 6. The van der Waals surface area contributed by atoms with Crippen molar-refractivity contribution in [1.29, 1.82) is 0 Å². The van der Waals surface area contributed by atoms with Gasteiger partial charge in [-0.2, -0.15) is 26.3 Å². The lowest BCUT2D eigenvalue weighted by Crippen LogP contribution is -2.49. The largest absolute Gasteiger partial charge is 0.486 e. The molecule has 6 aromatic rings. The second kappa shape index (κ2) is 22.3. The van der Waals surface area contributed by atoms with Crippen molar-refractivity contribution >= 4 is 35.3 Å². The summed E-state index contributed by atoms with van der Waals surface area (Å²) in [6.07, 6.45) is -11.1. The number of anilines is 2. The molecule has 0 aliphatic carbocycles. The van der Waals surface area contributed by atoms with Crippen molar-refractivity contribution < 1.29 is 74.9 Å². The number of benzene rings is 6. The number of hydroxylamine groups is 2. The minimum Gasteiger partial charge on any atom is -0.486 e. The number of morpholine rings is 2. The summed E-state index contributed by atoms with van der Waals surface area (Å²) in [5, 5.41) is 18.4. The molecule has 1 atom stereocenters. The van der Waals surface area contributed by atoms with Crippen LogP contribution in [0.3, 0.4) is 0 Å². The van der Waals surface area contributed by atoms with E-state index in [1.54, 1.807) is 45.0 Å². The van der Waals surface area contributed by atoms with Gasteiger partial charge in [0.15, 0.2) is 11.5 Å². The summed E-state index contributed by atoms with van der Waals surface area (Å²) >= 11 is 0. The zero-order valence-corrected chi connectivity index (χ0v) is 40.2. The van der Waals surface area contributed by atoms with E-state index in [2.05, 4.69) is 0 Å². The van der Waals surface area contributed by atoms with Crippen LogP contribution in [0.1, 0.15) is 54.6 Å². The topological polar surface area (TPSA) is 183 Å². The maximum atomic E-state index is 15.1. The van der Waals surface area contributed by atoms with Gasteiger partial charge in [0, 0.05) is 42.1 Å². The van der Waals surface area contributed by atoms with Crippen molar-refractivity contribution in [1.82, 2.24) is 20.8 Å². The van der Waals surface area contributed by atoms with Crippen LogP contribution in [0.5, 0.6) is 11.5 Å². The van der Waals surface area contributed by atoms with Crippen molar-refractivity contribution in [2.75, 3.05) is 69.0 Å². The van der Waals surface area contributed by atoms with Gasteiger partial charge in [-0.3, -0.25) is 29.8 Å². The average Bonchev–Trinajstić information content (AvgIpc) is 3.45. The first-order chi connectivity index (χ1) is 36.4. The highest BCUT2D eigenvalue weighted by atomic mass is 19.4. The summed E-state index contributed by atoms with van der Waals surface area (Å²) in [5.41, 5.74) is 3.45. The predicted octanol–water partition coefficient (Wildman–Crippen LogP) is 9.73. The molecule has 1 unspecified atom stereocenters. The number of amides is 6. The third-order valence-corrected chi connectivity index (χ3v) is 13.0. The highest BCUT2D eigenvalue weighted by molar-refractivity contribution is 5.96. The molecule has 0 saturated carbocycles. The van der Waals surface area contributed by atoms with Gasteiger partial charge in [0.2, 0.25) is 0 Å². The Labute approximate surface area is 430 Å². The quantitative estimate of drug-likeness (QED) is 0.0554. The minimum atomic E-state index is -5.11. The fourth-order valence-corrected chi connectivity index (χ4v) is 9.02. The van der Waals surface area contributed by atoms with E-state index in [0.29, 0.717) is 96.7 Å². The van der Waals surface area contributed by atoms with E-state index in [4.69, 9.17) is 18.9 Å². The molecular weight excluding hydrogens is 1010 g/mol. The van der Waals surface area contributed by atoms with Crippen molar-refractivity contribution in [2.45, 2.75) is 31.5 Å². The van der Waals surface area contributed by atoms with Gasteiger partial charge in [-0.25, -0.2) is 20.5 Å². The molecule has 0 spiro atoms. The third-order valence-electron chi connectivity index (χ3n) is 13.0. The third kappa shape index (κ3) is 12.0. The summed E-state index contributed by atoms with van der Waals surface area (Å²) in [4.78, 5) is 60.3. The number of carbonyl (C=O) groups is 4. The molecule has 0 radical (unpaired) electrons. The Morgan fingerprint density at radius 3 is 1.66 bits per heavy atom. The molecule has 76 heavy (non-hydrogen) atoms. The van der Waals surface area contributed by atoms with Gasteiger partial charge in [-0.1, -0.05) is 42.5 Å². The zero-order valence-electron chi connectivity index (χ0n) is 40.2. The Morgan fingerprint density at radius 2 is 1.07 bits per heavy atom. The molecule has 9 rings (SSSR count). The van der Waals surface area contributed by atoms with Crippen LogP contribution in [0.4, 0.5) is 47.3 Å². The normalized spacial score (nSPS) is 15.7. The van der Waals surface area contributed by atoms with Crippen LogP contribution < -0.4 is 30.2 Å². The summed E-state index contributed by atoms with van der Waals surface area (Å²) in [6, 6.07) is 28.9. The second-order valence-electron chi connectivity index (χ2n) is 17.9. The van der Waals surface area contributed by atoms with Crippen LogP contribution in [-0.2, 0) is 34.9 Å². The van der Waals surface area contributed by atoms with Gasteiger partial charge in [-0.15, -0.1) is 0 Å². The molecule has 4 N–H and O–H groups in total. The fraction of sp³-hybridized carbons (Fsp3) is 0.259. The van der Waals surface area contributed by atoms with E-state index in [-0.39, 0.29) is 67.3 Å². The minimum absolute atomic E-state index is 0.00742. The number of carbonyl (C=O) groups excluding carboxylic acids is 4. The number of nitrogens with one attached hydrogen (secondary N) is 2. The SMILES string of the molecule is O=C(NO)c1ccc(CN(C(=O)N2CCOCC2)c2cc(-c3ccc4c(c3)OCCO4)cc(C3CN(C(=O)N(Cc4ccc(C(=O)NO)cc4)c4cccc(-c5cc(C(F)(F)F)cc(C(F)(F)F)c5)c4)CCO3)c2)cc1. The number of urea groups is 2. The Bertz CT molecular complexity index is 3080. The Morgan fingerprint density at radius 1 is 0.539 bits per heavy atom. The smallest absolute Gasteiger partial charge is 0.416 e. The average molecular weight is 1050 g/mol. The molecule has 3 aliphatic heterocycles. The number of halogens is 6. The Hall–Kier alpha value is -8.18. The fourth-order valence-electron chi connectivity index (χ4n) is 9.02. The molecule has 2 saturated heterocycles. The first kappa shape index (κ1) is 52.7. The highest BCUT2D eigenvalue weighted by Gasteiger charge is 2.38. The standard InChI is InChI=1S/C54H48F6N6O10/c55-53(56,57)42-23-40(24-43(29-42)54(58,59)60)37-2-1-3-44(25-37)65(30-33-4-8-35(9-5-33)49(67)61-71)52(70)64-16-19-74-48(32-64)41-22-39(38-12-13-46-47(28-38)76-21-20-75-46)26-45(27-41)66(51(69)63-14-17-73-18-15-63)31-34-6-10-36(11-7-34)50(68)62-72/h1-13,22-29,48,71-72H,14-21,30-32H2,(H,61,67)(H,62,68). The lowest BCUT2D eigenvalue weighted by atomic mass is 9.97. The molecule has 2 fully saturated rings. The molecule has 3 heterocycles. The molecule has 396 valence electrons. The number of rotatable bonds is 11. The van der Waals surface area contributed by atoms with Gasteiger partial charge >= 0.3 is 24.4 Å². The summed E-state index contributed by atoms with van der Waals surface area (Å²) < 4.78 is 108. The summed E-state index contributed by atoms with van der Waals surface area (Å²) in [7, 11) is 0. The number of ether oxygens (including phenoxy) is 4. The van der Waals surface area contributed by atoms with E-state index in [1.165, 1.54) is 70.5 Å². The van der Waals surface area contributed by atoms with Crippen molar-refractivity contribution in [3.63, 3.8) is 0 Å². The second-order valence-corrected chi connectivity index (χ2v) is 17.9. The van der Waals surface area contributed by atoms with Crippen LogP contribution in [0, 0.1) is 0 Å². The molecule has 16 nitrogen and oxygen atoms in total. The van der Waals surface area contributed by atoms with Crippen LogP contribution in [0.2, 0.25) is 0 Å². The van der Waals surface area contributed by atoms with Crippen LogP contribution in [-0.4, -0.2) is 103 Å². The van der Waals surface area contributed by atoms with Gasteiger partial charge in [-0.05, 0) is 124 Å². The maximum absolute atomic E-state index is 15.1. The number of hydrogen-bond donors (Lipinski definition) is 4. The molecule has 3 aliphatic rings. The van der Waals surface area contributed by atoms with Crippen LogP contribution in [0.15, 0.2) is 127 Å². The zero-order chi connectivity index (χ0) is 53.7. The van der Waals surface area contributed by atoms with E-state index in [9.17, 15) is 51.1 Å². The van der Waals surface area contributed by atoms with Crippen molar-refractivity contribution in [3.05, 3.63) is 166 Å². The molecule has 22 heteroatoms. The summed E-state index contributed by atoms with van der Waals surface area (Å²) in [6.45, 7) is 1.71. The molecule has 0 bridgehead atoms. The Kier molecular flexibility index (Phi) is 15.5. The van der Waals surface area contributed by atoms with Crippen LogP contribution in [0.25, 0.3) is 22.3 Å². The first-order valence-corrected chi connectivity index (χ1v) is 23.8. The maximum Gasteiger partial charge on any atom is 0.416 e. The molecule has 0 aromatic heterocycles. The van der Waals surface area contributed by atoms with Gasteiger partial charge in [0.1, 0.15) is 19.3 Å². The lowest BCUT2D eigenvalue weighted by molar-refractivity contribution is -0.143. The molecule has 6 aromatic carbocycles. The van der Waals surface area contributed by atoms with E-state index in [0.717, 1.165) is 0 Å². The number of hydrogen-bond acceptors (Lipinski definition) is 10. The number of nitrogens with zero attached hydrogens (tertiary/aromatic N) is 4. The first-order valence-electron chi connectivity index (χ1n) is 23.8. The van der Waals surface area contributed by atoms with Crippen LogP contribution >= 0.6 is 0 Å². The van der Waals surface area contributed by atoms with Gasteiger partial charge in [0.25, 0.3) is 11.8 Å². The number of fused-ring (bicyclic) bond motifs is 1.